The van der Waals surface area contributed by atoms with E-state index in [1.54, 1.807) is 24.3 Å². The minimum atomic E-state index is -0.529. The fourth-order valence-electron chi connectivity index (χ4n) is 1.15. The van der Waals surface area contributed by atoms with Crippen molar-refractivity contribution in [2.45, 2.75) is 19.2 Å². The maximum absolute atomic E-state index is 12.1. The molecular formula is C10H14FNO. The van der Waals surface area contributed by atoms with Gasteiger partial charge in [0, 0.05) is 0 Å². The topological polar surface area (TPSA) is 46.2 Å². The molecule has 0 aliphatic carbocycles. The predicted octanol–water partition coefficient (Wildman–Crippen LogP) is 1.54. The van der Waals surface area contributed by atoms with Crippen LogP contribution < -0.4 is 5.73 Å². The number of alkyl halides is 1. The van der Waals surface area contributed by atoms with Crippen molar-refractivity contribution in [3.63, 3.8) is 0 Å². The Balaban J connectivity index is 2.67. The van der Waals surface area contributed by atoms with Gasteiger partial charge < -0.3 is 10.8 Å². The molecule has 72 valence electrons. The molecule has 0 aromatic heterocycles. The number of hydrogen-bond donors (Lipinski definition) is 2. The first-order valence-corrected chi connectivity index (χ1v) is 4.31. The van der Waals surface area contributed by atoms with Crippen LogP contribution in [-0.2, 0) is 6.67 Å². The summed E-state index contributed by atoms with van der Waals surface area (Å²) in [6.45, 7) is -0.0146. The summed E-state index contributed by atoms with van der Waals surface area (Å²) in [7, 11) is 0. The lowest BCUT2D eigenvalue weighted by Gasteiger charge is -2.09. The normalized spacial score (nSPS) is 12.8. The number of benzene rings is 1. The third kappa shape index (κ3) is 2.79. The summed E-state index contributed by atoms with van der Waals surface area (Å²) in [5, 5.41) is 9.51. The lowest BCUT2D eigenvalue weighted by Crippen LogP contribution is -2.06. The Kier molecular flexibility index (Phi) is 3.86. The van der Waals surface area contributed by atoms with Crippen molar-refractivity contribution >= 4 is 0 Å². The van der Waals surface area contributed by atoms with E-state index in [4.69, 9.17) is 5.73 Å². The van der Waals surface area contributed by atoms with Gasteiger partial charge in [-0.25, -0.2) is 4.39 Å². The Morgan fingerprint density at radius 2 is 1.92 bits per heavy atom. The maximum atomic E-state index is 12.1. The van der Waals surface area contributed by atoms with Gasteiger partial charge in [-0.3, -0.25) is 0 Å². The van der Waals surface area contributed by atoms with E-state index in [0.29, 0.717) is 18.5 Å². The summed E-state index contributed by atoms with van der Waals surface area (Å²) >= 11 is 0. The highest BCUT2D eigenvalue weighted by Gasteiger charge is 2.05. The summed E-state index contributed by atoms with van der Waals surface area (Å²) in [5.74, 6) is 0. The summed E-state index contributed by atoms with van der Waals surface area (Å²) in [6, 6.07) is 6.81. The van der Waals surface area contributed by atoms with Gasteiger partial charge in [-0.1, -0.05) is 24.3 Å². The van der Waals surface area contributed by atoms with Crippen molar-refractivity contribution in [2.24, 2.45) is 5.73 Å². The Morgan fingerprint density at radius 1 is 1.31 bits per heavy atom. The van der Waals surface area contributed by atoms with Crippen LogP contribution in [0.15, 0.2) is 24.3 Å². The van der Waals surface area contributed by atoms with E-state index < -0.39 is 12.8 Å². The summed E-state index contributed by atoms with van der Waals surface area (Å²) in [5.41, 5.74) is 6.73. The molecule has 1 rings (SSSR count). The van der Waals surface area contributed by atoms with Crippen molar-refractivity contribution < 1.29 is 9.50 Å². The smallest absolute Gasteiger partial charge is 0.115 e. The fraction of sp³-hybridized carbons (Fsp3) is 0.400. The monoisotopic (exact) mass is 183 g/mol. The molecule has 0 aliphatic rings. The van der Waals surface area contributed by atoms with Crippen molar-refractivity contribution in [1.82, 2.24) is 0 Å². The highest BCUT2D eigenvalue weighted by atomic mass is 19.1. The van der Waals surface area contributed by atoms with E-state index in [1.807, 2.05) is 0 Å². The Bertz CT molecular complexity index is 248. The Hall–Kier alpha value is -0.930. The molecule has 2 nitrogen and oxygen atoms in total. The third-order valence-electron chi connectivity index (χ3n) is 1.96. The predicted molar refractivity (Wildman–Crippen MR) is 49.9 cm³/mol. The molecule has 13 heavy (non-hydrogen) atoms. The minimum absolute atomic E-state index is 0.450. The van der Waals surface area contributed by atoms with Crippen LogP contribution in [0, 0.1) is 0 Å². The standard InChI is InChI=1S/C10H14FNO/c11-7-8-1-3-9(4-2-8)10(13)5-6-12/h1-4,10,13H,5-7,12H2. The lowest BCUT2D eigenvalue weighted by molar-refractivity contribution is 0.170. The zero-order valence-electron chi connectivity index (χ0n) is 7.41. The van der Waals surface area contributed by atoms with E-state index in [9.17, 15) is 9.50 Å². The van der Waals surface area contributed by atoms with Gasteiger partial charge in [0.15, 0.2) is 0 Å². The van der Waals surface area contributed by atoms with Gasteiger partial charge in [0.05, 0.1) is 6.10 Å². The van der Waals surface area contributed by atoms with Crippen molar-refractivity contribution in [3.05, 3.63) is 35.4 Å². The van der Waals surface area contributed by atoms with Crippen LogP contribution in [0.4, 0.5) is 4.39 Å². The van der Waals surface area contributed by atoms with E-state index in [0.717, 1.165) is 5.56 Å². The molecule has 0 saturated carbocycles. The van der Waals surface area contributed by atoms with Crippen LogP contribution in [0.25, 0.3) is 0 Å². The van der Waals surface area contributed by atoms with Gasteiger partial charge in [0.2, 0.25) is 0 Å². The zero-order valence-corrected chi connectivity index (χ0v) is 7.41. The molecular weight excluding hydrogens is 169 g/mol. The van der Waals surface area contributed by atoms with Crippen LogP contribution in [0.3, 0.4) is 0 Å². The molecule has 0 fully saturated rings. The molecule has 0 aliphatic heterocycles. The Morgan fingerprint density at radius 3 is 2.38 bits per heavy atom. The van der Waals surface area contributed by atoms with Crippen molar-refractivity contribution in [3.8, 4) is 0 Å². The maximum Gasteiger partial charge on any atom is 0.115 e. The third-order valence-corrected chi connectivity index (χ3v) is 1.96. The quantitative estimate of drug-likeness (QED) is 0.743. The van der Waals surface area contributed by atoms with Crippen LogP contribution >= 0.6 is 0 Å². The highest BCUT2D eigenvalue weighted by molar-refractivity contribution is 5.23. The first-order valence-electron chi connectivity index (χ1n) is 4.31. The van der Waals surface area contributed by atoms with E-state index >= 15 is 0 Å². The second-order valence-corrected chi connectivity index (χ2v) is 2.97. The molecule has 1 unspecified atom stereocenters. The van der Waals surface area contributed by atoms with Crippen molar-refractivity contribution in [1.29, 1.82) is 0 Å². The lowest BCUT2D eigenvalue weighted by atomic mass is 10.1. The summed E-state index contributed by atoms with van der Waals surface area (Å²) < 4.78 is 12.1. The highest BCUT2D eigenvalue weighted by Crippen LogP contribution is 2.16. The van der Waals surface area contributed by atoms with Crippen LogP contribution in [0.5, 0.6) is 0 Å². The molecule has 0 heterocycles. The molecule has 0 spiro atoms. The van der Waals surface area contributed by atoms with Crippen LogP contribution in [-0.4, -0.2) is 11.7 Å². The minimum Gasteiger partial charge on any atom is -0.388 e. The molecule has 0 saturated heterocycles. The van der Waals surface area contributed by atoms with Crippen LogP contribution in [0.1, 0.15) is 23.7 Å². The largest absolute Gasteiger partial charge is 0.388 e. The molecule has 0 amide bonds. The van der Waals surface area contributed by atoms with Gasteiger partial charge in [-0.15, -0.1) is 0 Å². The molecule has 3 N–H and O–H groups in total. The molecule has 0 bridgehead atoms. The SMILES string of the molecule is NCCC(O)c1ccc(CF)cc1. The number of rotatable bonds is 4. The number of hydrogen-bond acceptors (Lipinski definition) is 2. The van der Waals surface area contributed by atoms with Gasteiger partial charge in [-0.2, -0.15) is 0 Å². The van der Waals surface area contributed by atoms with Gasteiger partial charge in [-0.05, 0) is 24.1 Å². The number of nitrogens with two attached hydrogens (primary N) is 1. The summed E-state index contributed by atoms with van der Waals surface area (Å²) in [6.07, 6.45) is 0.00766. The average Bonchev–Trinajstić information content (AvgIpc) is 2.18. The van der Waals surface area contributed by atoms with E-state index in [1.165, 1.54) is 0 Å². The van der Waals surface area contributed by atoms with Gasteiger partial charge in [0.25, 0.3) is 0 Å². The second kappa shape index (κ2) is 4.94. The number of aliphatic hydroxyl groups excluding tert-OH is 1. The Labute approximate surface area is 77.2 Å². The van der Waals surface area contributed by atoms with Gasteiger partial charge in [0.1, 0.15) is 6.67 Å². The zero-order chi connectivity index (χ0) is 9.68. The van der Waals surface area contributed by atoms with E-state index in [2.05, 4.69) is 0 Å². The molecule has 1 aromatic carbocycles. The first kappa shape index (κ1) is 10.2. The van der Waals surface area contributed by atoms with E-state index in [-0.39, 0.29) is 0 Å². The molecule has 0 radical (unpaired) electrons. The average molecular weight is 183 g/mol. The molecule has 1 atom stereocenters. The number of aliphatic hydroxyl groups is 1. The fourth-order valence-corrected chi connectivity index (χ4v) is 1.15. The molecule has 3 heteroatoms. The van der Waals surface area contributed by atoms with Gasteiger partial charge >= 0.3 is 0 Å². The second-order valence-electron chi connectivity index (χ2n) is 2.97. The number of halogens is 1. The molecule has 1 aromatic rings. The van der Waals surface area contributed by atoms with Crippen molar-refractivity contribution in [2.75, 3.05) is 6.54 Å². The summed E-state index contributed by atoms with van der Waals surface area (Å²) in [4.78, 5) is 0. The first-order chi connectivity index (χ1) is 6.27. The van der Waals surface area contributed by atoms with Crippen LogP contribution in [0.2, 0.25) is 0 Å².